The van der Waals surface area contributed by atoms with Gasteiger partial charge in [-0.3, -0.25) is 9.59 Å². The lowest BCUT2D eigenvalue weighted by Gasteiger charge is -2.27. The zero-order chi connectivity index (χ0) is 17.1. The number of rotatable bonds is 4. The van der Waals surface area contributed by atoms with Gasteiger partial charge in [-0.05, 0) is 36.1 Å². The van der Waals surface area contributed by atoms with Gasteiger partial charge in [0.15, 0.2) is 5.78 Å². The Balaban J connectivity index is 1.80. The summed E-state index contributed by atoms with van der Waals surface area (Å²) in [5.41, 5.74) is 9.03. The Hall–Kier alpha value is -2.62. The highest BCUT2D eigenvalue weighted by Crippen LogP contribution is 2.33. The van der Waals surface area contributed by atoms with E-state index < -0.39 is 17.8 Å². The maximum atomic E-state index is 12.7. The van der Waals surface area contributed by atoms with E-state index in [-0.39, 0.29) is 5.78 Å². The molecule has 124 valence electrons. The minimum Gasteiger partial charge on any atom is -0.481 e. The average Bonchev–Trinajstić information content (AvgIpc) is 2.62. The number of aliphatic carboxylic acids is 1. The lowest BCUT2D eigenvalue weighted by Crippen LogP contribution is -2.32. The van der Waals surface area contributed by atoms with Crippen LogP contribution < -0.4 is 5.73 Å². The van der Waals surface area contributed by atoms with Crippen molar-refractivity contribution in [3.05, 3.63) is 54.1 Å². The lowest BCUT2D eigenvalue weighted by molar-refractivity contribution is -0.144. The van der Waals surface area contributed by atoms with Crippen molar-refractivity contribution in [2.45, 2.75) is 25.7 Å². The van der Waals surface area contributed by atoms with Crippen LogP contribution in [0.3, 0.4) is 0 Å². The van der Waals surface area contributed by atoms with Crippen LogP contribution in [0.1, 0.15) is 36.0 Å². The Morgan fingerprint density at radius 2 is 1.33 bits per heavy atom. The van der Waals surface area contributed by atoms with Crippen molar-refractivity contribution in [1.82, 2.24) is 0 Å². The number of hydrogen-bond donors (Lipinski definition) is 2. The van der Waals surface area contributed by atoms with Gasteiger partial charge in [0, 0.05) is 17.2 Å². The van der Waals surface area contributed by atoms with Crippen LogP contribution in [0.25, 0.3) is 11.1 Å². The molecule has 2 aromatic rings. The van der Waals surface area contributed by atoms with Gasteiger partial charge in [-0.1, -0.05) is 49.2 Å². The van der Waals surface area contributed by atoms with Crippen LogP contribution in [-0.4, -0.2) is 16.9 Å². The van der Waals surface area contributed by atoms with Crippen molar-refractivity contribution in [3.8, 4) is 11.1 Å². The number of Topliss-reactive ketones (excluding diaryl/α,β-unsaturated/α-hetero) is 1. The molecule has 0 saturated heterocycles. The Kier molecular flexibility index (Phi) is 4.65. The molecule has 1 aliphatic rings. The highest BCUT2D eigenvalue weighted by Gasteiger charge is 2.35. The second-order valence-corrected chi connectivity index (χ2v) is 6.40. The number of carboxylic acid groups (broad SMARTS) is 1. The first-order valence-corrected chi connectivity index (χ1v) is 8.29. The monoisotopic (exact) mass is 323 g/mol. The van der Waals surface area contributed by atoms with Crippen LogP contribution in [0.4, 0.5) is 5.69 Å². The number of benzene rings is 2. The van der Waals surface area contributed by atoms with Crippen LogP contribution in [0.2, 0.25) is 0 Å². The maximum absolute atomic E-state index is 12.7. The van der Waals surface area contributed by atoms with E-state index >= 15 is 0 Å². The standard InChI is InChI=1S/C20H21NO3/c21-16-11-9-14(10-12-16)13-5-7-15(8-6-13)19(22)17-3-1-2-4-18(17)20(23)24/h5-12,17-18H,1-4,21H2,(H,23,24)/t17-,18+/m1/s1. The minimum atomic E-state index is -0.855. The Labute approximate surface area is 141 Å². The minimum absolute atomic E-state index is 0.0500. The topological polar surface area (TPSA) is 80.4 Å². The van der Waals surface area contributed by atoms with Crippen LogP contribution >= 0.6 is 0 Å². The molecule has 1 saturated carbocycles. The predicted molar refractivity (Wildman–Crippen MR) is 93.7 cm³/mol. The quantitative estimate of drug-likeness (QED) is 0.658. The molecule has 0 aliphatic heterocycles. The second-order valence-electron chi connectivity index (χ2n) is 6.40. The summed E-state index contributed by atoms with van der Waals surface area (Å²) in [6, 6.07) is 14.9. The number of carboxylic acids is 1. The summed E-state index contributed by atoms with van der Waals surface area (Å²) >= 11 is 0. The molecular weight excluding hydrogens is 302 g/mol. The van der Waals surface area contributed by atoms with E-state index in [0.29, 0.717) is 24.1 Å². The fourth-order valence-electron chi connectivity index (χ4n) is 3.46. The van der Waals surface area contributed by atoms with Gasteiger partial charge in [0.2, 0.25) is 0 Å². The second kappa shape index (κ2) is 6.87. The van der Waals surface area contributed by atoms with E-state index in [9.17, 15) is 14.7 Å². The van der Waals surface area contributed by atoms with Gasteiger partial charge in [0.1, 0.15) is 0 Å². The molecule has 24 heavy (non-hydrogen) atoms. The van der Waals surface area contributed by atoms with Gasteiger partial charge in [-0.15, -0.1) is 0 Å². The third-order valence-corrected chi connectivity index (χ3v) is 4.83. The lowest BCUT2D eigenvalue weighted by atomic mass is 9.75. The van der Waals surface area contributed by atoms with Gasteiger partial charge < -0.3 is 10.8 Å². The molecule has 0 spiro atoms. The summed E-state index contributed by atoms with van der Waals surface area (Å²) in [4.78, 5) is 24.1. The van der Waals surface area contributed by atoms with E-state index in [1.807, 2.05) is 36.4 Å². The summed E-state index contributed by atoms with van der Waals surface area (Å²) in [5, 5.41) is 9.36. The first-order chi connectivity index (χ1) is 11.6. The zero-order valence-electron chi connectivity index (χ0n) is 13.4. The van der Waals surface area contributed by atoms with Gasteiger partial charge in [-0.25, -0.2) is 0 Å². The molecule has 0 bridgehead atoms. The van der Waals surface area contributed by atoms with Crippen molar-refractivity contribution in [2.24, 2.45) is 11.8 Å². The molecule has 0 radical (unpaired) electrons. The summed E-state index contributed by atoms with van der Waals surface area (Å²) in [5.74, 6) is -1.86. The summed E-state index contributed by atoms with van der Waals surface area (Å²) in [6.07, 6.45) is 3.06. The summed E-state index contributed by atoms with van der Waals surface area (Å²) in [7, 11) is 0. The Morgan fingerprint density at radius 1 is 0.833 bits per heavy atom. The summed E-state index contributed by atoms with van der Waals surface area (Å²) < 4.78 is 0. The molecule has 0 heterocycles. The molecule has 0 unspecified atom stereocenters. The van der Waals surface area contributed by atoms with E-state index in [2.05, 4.69) is 0 Å². The van der Waals surface area contributed by atoms with E-state index in [4.69, 9.17) is 5.73 Å². The first-order valence-electron chi connectivity index (χ1n) is 8.29. The number of ketones is 1. The molecule has 3 rings (SSSR count). The third-order valence-electron chi connectivity index (χ3n) is 4.83. The van der Waals surface area contributed by atoms with Crippen LogP contribution in [0.5, 0.6) is 0 Å². The molecule has 4 heteroatoms. The van der Waals surface area contributed by atoms with Gasteiger partial charge >= 0.3 is 5.97 Å². The highest BCUT2D eigenvalue weighted by molar-refractivity contribution is 6.00. The average molecular weight is 323 g/mol. The molecule has 0 amide bonds. The number of hydrogen-bond acceptors (Lipinski definition) is 3. The number of nitrogens with two attached hydrogens (primary N) is 1. The molecule has 4 nitrogen and oxygen atoms in total. The van der Waals surface area contributed by atoms with Crippen LogP contribution in [0.15, 0.2) is 48.5 Å². The Bertz CT molecular complexity index is 734. The SMILES string of the molecule is Nc1ccc(-c2ccc(C(=O)[C@@H]3CCCC[C@@H]3C(=O)O)cc2)cc1. The molecule has 2 atom stereocenters. The van der Waals surface area contributed by atoms with Gasteiger partial charge in [0.25, 0.3) is 0 Å². The maximum Gasteiger partial charge on any atom is 0.307 e. The number of anilines is 1. The molecule has 1 aliphatic carbocycles. The van der Waals surface area contributed by atoms with E-state index in [1.54, 1.807) is 12.1 Å². The van der Waals surface area contributed by atoms with Crippen molar-refractivity contribution in [2.75, 3.05) is 5.73 Å². The predicted octanol–water partition coefficient (Wildman–Crippen LogP) is 4.01. The Morgan fingerprint density at radius 3 is 1.88 bits per heavy atom. The molecule has 2 aromatic carbocycles. The largest absolute Gasteiger partial charge is 0.481 e. The zero-order valence-corrected chi connectivity index (χ0v) is 13.4. The van der Waals surface area contributed by atoms with Gasteiger partial charge in [0.05, 0.1) is 5.92 Å². The molecular formula is C20H21NO3. The van der Waals surface area contributed by atoms with E-state index in [1.165, 1.54) is 0 Å². The van der Waals surface area contributed by atoms with Crippen molar-refractivity contribution < 1.29 is 14.7 Å². The smallest absolute Gasteiger partial charge is 0.307 e. The molecule has 1 fully saturated rings. The normalized spacial score (nSPS) is 20.5. The molecule has 0 aromatic heterocycles. The molecule has 3 N–H and O–H groups in total. The van der Waals surface area contributed by atoms with Crippen molar-refractivity contribution in [3.63, 3.8) is 0 Å². The fraction of sp³-hybridized carbons (Fsp3) is 0.300. The first kappa shape index (κ1) is 16.2. The van der Waals surface area contributed by atoms with Crippen molar-refractivity contribution >= 4 is 17.4 Å². The van der Waals surface area contributed by atoms with Gasteiger partial charge in [-0.2, -0.15) is 0 Å². The number of carbonyl (C=O) groups excluding carboxylic acids is 1. The van der Waals surface area contributed by atoms with E-state index in [0.717, 1.165) is 24.0 Å². The number of carbonyl (C=O) groups is 2. The number of nitrogen functional groups attached to an aromatic ring is 1. The summed E-state index contributed by atoms with van der Waals surface area (Å²) in [6.45, 7) is 0. The highest BCUT2D eigenvalue weighted by atomic mass is 16.4. The van der Waals surface area contributed by atoms with Crippen molar-refractivity contribution in [1.29, 1.82) is 0 Å². The fourth-order valence-corrected chi connectivity index (χ4v) is 3.46. The third kappa shape index (κ3) is 3.32. The van der Waals surface area contributed by atoms with Crippen LogP contribution in [0, 0.1) is 11.8 Å². The van der Waals surface area contributed by atoms with Crippen LogP contribution in [-0.2, 0) is 4.79 Å².